The molecule has 1 fully saturated rings. The molecule has 3 aromatic rings. The third kappa shape index (κ3) is 43.0. The van der Waals surface area contributed by atoms with E-state index in [0.29, 0.717) is 47.7 Å². The molecule has 48 heteroatoms. The van der Waals surface area contributed by atoms with Gasteiger partial charge in [0.25, 0.3) is 0 Å². The van der Waals surface area contributed by atoms with Crippen LogP contribution in [0.25, 0.3) is 10.9 Å². The maximum absolute atomic E-state index is 15.2. The highest BCUT2D eigenvalue weighted by Gasteiger charge is 2.44. The number of nitrogens with zero attached hydrogens (tertiary/aromatic N) is 1. The number of nitrogens with one attached hydrogen (secondary N) is 21. The fraction of sp³-hybridized carbons (Fsp3) is 0.642. The standard InChI is InChI=1S/C95H160N30O18/c1-13-53(9)75(123-79(130)56(12)112-85(136)68(45-50(3)4)120-89(140)72-32-24-44-125(72)92(143)74(52(7)8)122-88(139)69(46-51(5)6)119-80(131)61(98)37-38-73(99)127)90(141)117-65(28-18-20-40-97)84(135)124-76(54(10)14-2)91(142)121-70(47-57-33-35-59(126)36-34-57)86(137)116-66(30-22-42-108-94(103)104)81(132)111-55(11)78(129)118-71(48-58-49-110-62-26-16-15-25-60(58)62)87(138)115-64(27-17-19-39-96)83(134)114-67(31-23-43-109-95(105)106)82(133)113-63(77(100)128)29-21-41-107-93(101)102/h15-16,25-26,33-36,49-56,61,63-72,74-76,110,126H,13-14,17-24,27-32,37-48,96-98H2,1-12H3,(H2,99,127)(H2,100,128)(H,111,132)(H,112,136)(H,113,133)(H,114,134)(H,115,138)(H,116,137)(H,117,141)(H,118,129)(H,119,131)(H,120,140)(H,121,142)(H,122,139)(H,123,130)(H,124,135)(H4,101,102,107)(H4,103,104,108)(H4,105,106,109)/t53-,54-,55-,56-,61-,63-,64-,65-,66-,67-,68-,69-,70-,71-,72-,74-,75-,76-/m0/s1. The van der Waals surface area contributed by atoms with Gasteiger partial charge in [0, 0.05) is 62.5 Å². The molecule has 48 nitrogen and oxygen atoms in total. The minimum Gasteiger partial charge on any atom is -0.508 e. The fourth-order valence-electron chi connectivity index (χ4n) is 16.0. The lowest BCUT2D eigenvalue weighted by Gasteiger charge is -2.32. The zero-order chi connectivity index (χ0) is 107. The van der Waals surface area contributed by atoms with Crippen molar-refractivity contribution >= 4 is 129 Å². The molecule has 1 saturated heterocycles. The molecule has 143 heavy (non-hydrogen) atoms. The van der Waals surface area contributed by atoms with Crippen molar-refractivity contribution in [2.24, 2.45) is 75.5 Å². The summed E-state index contributed by atoms with van der Waals surface area (Å²) in [7, 11) is 0. The smallest absolute Gasteiger partial charge is 0.246 e. The molecule has 1 aliphatic heterocycles. The van der Waals surface area contributed by atoms with Gasteiger partial charge in [0.2, 0.25) is 100 Å². The highest BCUT2D eigenvalue weighted by molar-refractivity contribution is 6.02. The number of guanidine groups is 3. The van der Waals surface area contributed by atoms with Gasteiger partial charge in [-0.15, -0.1) is 0 Å². The highest BCUT2D eigenvalue weighted by Crippen LogP contribution is 2.25. The molecule has 798 valence electrons. The Morgan fingerprint density at radius 3 is 1.25 bits per heavy atom. The Balaban J connectivity index is 1.63. The highest BCUT2D eigenvalue weighted by atomic mass is 16.3. The number of fused-ring (bicyclic) bond motifs is 1. The first-order valence-corrected chi connectivity index (χ1v) is 49.4. The molecule has 0 radical (unpaired) electrons. The SMILES string of the molecule is CC[C@H](C)[C@H](NC(=O)[C@H](C)NC(=O)[C@H](CC(C)C)NC(=O)[C@@H]1CCCN1C(=O)[C@@H](NC(=O)[C@H](CC(C)C)NC(=O)[C@@H](N)CCC(N)=O)C(C)C)C(=O)N[C@@H](CCCCN)C(=O)N[C@H](C(=O)N[C@@H](Cc1ccc(O)cc1)C(=O)N[C@@H](CCCNC(=N)N)C(=O)N[C@@H](C)C(=O)N[C@@H](Cc1c[nH]c2ccccc12)C(=O)N[C@@H](CCCCN)C(=O)N[C@@H](CCCNC(=N)N)C(=O)N[C@@H](CCCNC(=N)N)C(N)=O)[C@@H](C)CC. The molecule has 2 aromatic carbocycles. The van der Waals surface area contributed by atoms with E-state index in [4.69, 9.17) is 62.1 Å². The number of hydrogen-bond donors (Lipinski definition) is 30. The van der Waals surface area contributed by atoms with E-state index < -0.39 is 221 Å². The zero-order valence-corrected chi connectivity index (χ0v) is 84.6. The lowest BCUT2D eigenvalue weighted by atomic mass is 9.95. The first-order valence-electron chi connectivity index (χ1n) is 49.4. The molecule has 0 aliphatic carbocycles. The molecule has 2 heterocycles. The number of likely N-dealkylation sites (tertiary alicyclic amines) is 1. The molecule has 0 saturated carbocycles. The lowest BCUT2D eigenvalue weighted by Crippen LogP contribution is -2.62. The second-order valence-corrected chi connectivity index (χ2v) is 37.9. The zero-order valence-electron chi connectivity index (χ0n) is 84.6. The van der Waals surface area contributed by atoms with E-state index in [0.717, 1.165) is 0 Å². The quantitative estimate of drug-likeness (QED) is 0.0148. The van der Waals surface area contributed by atoms with E-state index in [1.807, 2.05) is 13.8 Å². The number of aromatic hydroxyl groups is 1. The number of phenols is 1. The van der Waals surface area contributed by atoms with Crippen LogP contribution < -0.4 is 136 Å². The summed E-state index contributed by atoms with van der Waals surface area (Å²) >= 11 is 0. The topological polar surface area (TPSA) is 814 Å². The number of primary amides is 2. The predicted octanol–water partition coefficient (Wildman–Crippen LogP) is -3.56. The van der Waals surface area contributed by atoms with Gasteiger partial charge in [-0.2, -0.15) is 0 Å². The van der Waals surface area contributed by atoms with Crippen LogP contribution in [0.3, 0.4) is 0 Å². The number of phenolic OH excluding ortho intramolecular Hbond substituents is 1. The first-order chi connectivity index (χ1) is 67.5. The molecule has 0 unspecified atom stereocenters. The van der Waals surface area contributed by atoms with Crippen LogP contribution in [0.2, 0.25) is 0 Å². The van der Waals surface area contributed by atoms with Crippen LogP contribution in [0.1, 0.15) is 223 Å². The van der Waals surface area contributed by atoms with Gasteiger partial charge in [-0.3, -0.25) is 97.7 Å². The fourth-order valence-corrected chi connectivity index (χ4v) is 16.0. The van der Waals surface area contributed by atoms with Gasteiger partial charge in [-0.25, -0.2) is 0 Å². The summed E-state index contributed by atoms with van der Waals surface area (Å²) in [5.41, 5.74) is 47.0. The molecular weight excluding hydrogens is 1850 g/mol. The van der Waals surface area contributed by atoms with E-state index >= 15 is 19.2 Å². The van der Waals surface area contributed by atoms with E-state index in [9.17, 15) is 67.4 Å². The lowest BCUT2D eigenvalue weighted by molar-refractivity contribution is -0.143. The summed E-state index contributed by atoms with van der Waals surface area (Å²) in [5, 5.41) is 79.9. The maximum Gasteiger partial charge on any atom is 0.246 e. The van der Waals surface area contributed by atoms with Crippen molar-refractivity contribution in [2.75, 3.05) is 39.3 Å². The molecule has 17 amide bonds. The van der Waals surface area contributed by atoms with Gasteiger partial charge >= 0.3 is 0 Å². The number of unbranched alkanes of at least 4 members (excludes halogenated alkanes) is 2. The molecule has 0 bridgehead atoms. The summed E-state index contributed by atoms with van der Waals surface area (Å²) in [4.78, 5) is 247. The largest absolute Gasteiger partial charge is 0.508 e. The Labute approximate surface area is 835 Å². The summed E-state index contributed by atoms with van der Waals surface area (Å²) in [6.45, 7) is 20.9. The van der Waals surface area contributed by atoms with Crippen molar-refractivity contribution in [3.05, 3.63) is 65.9 Å². The van der Waals surface area contributed by atoms with Crippen LogP contribution in [0.5, 0.6) is 5.75 Å². The number of para-hydroxylation sites is 1. The van der Waals surface area contributed by atoms with Gasteiger partial charge in [-0.1, -0.05) is 112 Å². The molecule has 0 spiro atoms. The third-order valence-corrected chi connectivity index (χ3v) is 24.7. The Morgan fingerprint density at radius 1 is 0.420 bits per heavy atom. The minimum absolute atomic E-state index is 0.00510. The number of nitrogens with two attached hydrogens (primary N) is 8. The maximum atomic E-state index is 15.2. The molecule has 4 rings (SSSR count). The molecule has 1 aliphatic rings. The predicted molar refractivity (Wildman–Crippen MR) is 538 cm³/mol. The summed E-state index contributed by atoms with van der Waals surface area (Å²) in [5.74, 6) is -17.3. The number of aromatic nitrogens is 1. The number of carbonyl (C=O) groups is 17. The van der Waals surface area contributed by atoms with Crippen molar-refractivity contribution in [3.63, 3.8) is 0 Å². The molecule has 1 aromatic heterocycles. The van der Waals surface area contributed by atoms with Crippen LogP contribution in [0.4, 0.5) is 0 Å². The van der Waals surface area contributed by atoms with Crippen molar-refractivity contribution in [3.8, 4) is 5.75 Å². The molecular formula is C95H160N30O18. The van der Waals surface area contributed by atoms with Crippen LogP contribution >= 0.6 is 0 Å². The average molecular weight is 2010 g/mol. The summed E-state index contributed by atoms with van der Waals surface area (Å²) < 4.78 is 0. The van der Waals surface area contributed by atoms with Crippen LogP contribution in [-0.2, 0) is 94.3 Å². The number of benzene rings is 2. The molecule has 18 atom stereocenters. The van der Waals surface area contributed by atoms with Crippen LogP contribution in [-0.4, -0.2) is 269 Å². The van der Waals surface area contributed by atoms with E-state index in [2.05, 4.69) is 95.4 Å². The van der Waals surface area contributed by atoms with Gasteiger partial charge in [-0.05, 0) is 195 Å². The number of amides is 17. The Morgan fingerprint density at radius 2 is 0.797 bits per heavy atom. The monoisotopic (exact) mass is 2010 g/mol. The Kier molecular flexibility index (Phi) is 53.4. The number of aromatic amines is 1. The first kappa shape index (κ1) is 122. The van der Waals surface area contributed by atoms with Crippen molar-refractivity contribution in [1.82, 2.24) is 100 Å². The number of carbonyl (C=O) groups excluding carboxylic acids is 17. The summed E-state index contributed by atoms with van der Waals surface area (Å²) in [6, 6.07) is -8.85. The Bertz CT molecular complexity index is 4750. The van der Waals surface area contributed by atoms with Crippen LogP contribution in [0.15, 0.2) is 54.7 Å². The number of H-pyrrole nitrogens is 1. The van der Waals surface area contributed by atoms with Gasteiger partial charge in [0.15, 0.2) is 17.9 Å². The van der Waals surface area contributed by atoms with Crippen molar-refractivity contribution < 1.29 is 86.6 Å². The Hall–Kier alpha value is -13.5. The minimum atomic E-state index is -1.59. The number of hydrogen-bond acceptors (Lipinski definition) is 24. The van der Waals surface area contributed by atoms with Gasteiger partial charge in [0.05, 0.1) is 6.04 Å². The molecule has 38 N–H and O–H groups in total. The van der Waals surface area contributed by atoms with Crippen molar-refractivity contribution in [1.29, 1.82) is 16.2 Å². The average Bonchev–Trinajstić information content (AvgIpc) is 1.68. The second-order valence-electron chi connectivity index (χ2n) is 37.9. The van der Waals surface area contributed by atoms with Crippen molar-refractivity contribution in [2.45, 2.75) is 321 Å². The summed E-state index contributed by atoms with van der Waals surface area (Å²) in [6.07, 6.45) is 3.60. The normalized spacial score (nSPS) is 15.9. The third-order valence-electron chi connectivity index (χ3n) is 24.7. The van der Waals surface area contributed by atoms with E-state index in [1.54, 1.807) is 85.9 Å². The second kappa shape index (κ2) is 62.7. The van der Waals surface area contributed by atoms with Gasteiger partial charge < -0.3 is 151 Å². The van der Waals surface area contributed by atoms with Gasteiger partial charge in [0.1, 0.15) is 96.4 Å². The van der Waals surface area contributed by atoms with Crippen LogP contribution in [0, 0.1) is 45.8 Å². The van der Waals surface area contributed by atoms with E-state index in [1.165, 1.54) is 43.0 Å². The number of rotatable bonds is 66. The van der Waals surface area contributed by atoms with E-state index in [-0.39, 0.29) is 184 Å².